The highest BCUT2D eigenvalue weighted by atomic mass is 16.4. The molecule has 0 aliphatic carbocycles. The minimum absolute atomic E-state index is 0.0746. The first kappa shape index (κ1) is 15.5. The average molecular weight is 291 g/mol. The number of amides is 1. The summed E-state index contributed by atoms with van der Waals surface area (Å²) in [7, 11) is 0. The number of carboxylic acids is 1. The Morgan fingerprint density at radius 1 is 1.19 bits per heavy atom. The van der Waals surface area contributed by atoms with E-state index in [-0.39, 0.29) is 29.0 Å². The van der Waals surface area contributed by atoms with Crippen LogP contribution in [-0.4, -0.2) is 29.1 Å². The molecule has 4 N–H and O–H groups in total. The Morgan fingerprint density at radius 2 is 1.81 bits per heavy atom. The lowest BCUT2D eigenvalue weighted by Crippen LogP contribution is -2.42. The number of rotatable bonds is 3. The molecule has 1 fully saturated rings. The fourth-order valence-corrected chi connectivity index (χ4v) is 2.22. The van der Waals surface area contributed by atoms with Gasteiger partial charge in [-0.3, -0.25) is 10.2 Å². The quantitative estimate of drug-likeness (QED) is 0.679. The van der Waals surface area contributed by atoms with Crippen molar-refractivity contribution in [3.8, 4) is 0 Å². The van der Waals surface area contributed by atoms with Gasteiger partial charge in [-0.15, -0.1) is 0 Å². The highest BCUT2D eigenvalue weighted by Crippen LogP contribution is 2.25. The summed E-state index contributed by atoms with van der Waals surface area (Å²) in [4.78, 5) is 22.9. The number of hydrogen-bond acceptors (Lipinski definition) is 4. The molecule has 0 aromatic heterocycles. The van der Waals surface area contributed by atoms with Crippen molar-refractivity contribution in [2.45, 2.75) is 39.3 Å². The van der Waals surface area contributed by atoms with Crippen molar-refractivity contribution >= 4 is 17.6 Å². The van der Waals surface area contributed by atoms with Gasteiger partial charge in [-0.2, -0.15) is 0 Å². The van der Waals surface area contributed by atoms with Gasteiger partial charge in [0.15, 0.2) is 0 Å². The molecule has 1 aromatic rings. The largest absolute Gasteiger partial charge is 0.478 e. The summed E-state index contributed by atoms with van der Waals surface area (Å²) < 4.78 is 0. The molecule has 1 amide bonds. The van der Waals surface area contributed by atoms with Crippen LogP contribution in [0.5, 0.6) is 0 Å². The fraction of sp³-hybridized carbons (Fsp3) is 0.467. The van der Waals surface area contributed by atoms with Crippen LogP contribution in [0.1, 0.15) is 37.6 Å². The zero-order chi connectivity index (χ0) is 15.6. The molecule has 2 unspecified atom stereocenters. The van der Waals surface area contributed by atoms with Crippen molar-refractivity contribution in [2.75, 3.05) is 5.32 Å². The third-order valence-electron chi connectivity index (χ3n) is 3.66. The maximum Gasteiger partial charge on any atom is 0.335 e. The van der Waals surface area contributed by atoms with Gasteiger partial charge >= 0.3 is 5.97 Å². The van der Waals surface area contributed by atoms with Crippen LogP contribution in [0.25, 0.3) is 0 Å². The predicted molar refractivity (Wildman–Crippen MR) is 80.0 cm³/mol. The minimum atomic E-state index is -0.984. The Kier molecular flexibility index (Phi) is 4.29. The zero-order valence-electron chi connectivity index (χ0n) is 12.4. The molecule has 2 rings (SSSR count). The summed E-state index contributed by atoms with van der Waals surface area (Å²) in [6, 6.07) is 6.04. The number of benzene rings is 1. The molecule has 6 nitrogen and oxygen atoms in total. The normalized spacial score (nSPS) is 22.0. The lowest BCUT2D eigenvalue weighted by atomic mass is 9.84. The Bertz CT molecular complexity index is 534. The molecular formula is C15H21N3O3. The minimum Gasteiger partial charge on any atom is -0.478 e. The van der Waals surface area contributed by atoms with Crippen LogP contribution in [0.3, 0.4) is 0 Å². The van der Waals surface area contributed by atoms with Gasteiger partial charge in [0.05, 0.1) is 5.56 Å². The Labute approximate surface area is 123 Å². The van der Waals surface area contributed by atoms with E-state index in [1.165, 1.54) is 12.1 Å². The van der Waals surface area contributed by atoms with Crippen LogP contribution in [0, 0.1) is 5.41 Å². The molecule has 0 radical (unpaired) electrons. The number of nitrogens with one attached hydrogen (secondary N) is 3. The summed E-state index contributed by atoms with van der Waals surface area (Å²) in [5.74, 6) is -1.11. The highest BCUT2D eigenvalue weighted by Gasteiger charge is 2.35. The van der Waals surface area contributed by atoms with E-state index >= 15 is 0 Å². The Morgan fingerprint density at radius 3 is 2.29 bits per heavy atom. The number of aromatic carboxylic acids is 1. The molecule has 1 saturated heterocycles. The van der Waals surface area contributed by atoms with Gasteiger partial charge in [0, 0.05) is 11.7 Å². The molecule has 1 aliphatic heterocycles. The smallest absolute Gasteiger partial charge is 0.335 e. The third-order valence-corrected chi connectivity index (χ3v) is 3.66. The summed E-state index contributed by atoms with van der Waals surface area (Å²) in [6.45, 7) is 6.37. The molecule has 2 atom stereocenters. The van der Waals surface area contributed by atoms with Crippen molar-refractivity contribution in [3.05, 3.63) is 29.8 Å². The van der Waals surface area contributed by atoms with Crippen LogP contribution in [0.15, 0.2) is 24.3 Å². The number of carboxylic acid groups (broad SMARTS) is 1. The monoisotopic (exact) mass is 291 g/mol. The summed E-state index contributed by atoms with van der Waals surface area (Å²) >= 11 is 0. The second-order valence-electron chi connectivity index (χ2n) is 6.37. The van der Waals surface area contributed by atoms with Crippen molar-refractivity contribution in [1.82, 2.24) is 10.9 Å². The van der Waals surface area contributed by atoms with Gasteiger partial charge in [-0.25, -0.2) is 10.2 Å². The van der Waals surface area contributed by atoms with Gasteiger partial charge in [0.2, 0.25) is 5.91 Å². The molecule has 1 aliphatic rings. The van der Waals surface area contributed by atoms with E-state index in [1.807, 2.05) is 0 Å². The van der Waals surface area contributed by atoms with Gasteiger partial charge < -0.3 is 10.4 Å². The average Bonchev–Trinajstić information content (AvgIpc) is 2.88. The third kappa shape index (κ3) is 3.80. The summed E-state index contributed by atoms with van der Waals surface area (Å²) in [5, 5.41) is 11.6. The molecule has 0 spiro atoms. The first-order chi connectivity index (χ1) is 9.77. The number of hydrogen-bond donors (Lipinski definition) is 4. The zero-order valence-corrected chi connectivity index (χ0v) is 12.4. The van der Waals surface area contributed by atoms with E-state index in [0.717, 1.165) is 0 Å². The molecule has 0 bridgehead atoms. The topological polar surface area (TPSA) is 90.5 Å². The Balaban J connectivity index is 1.95. The van der Waals surface area contributed by atoms with Crippen molar-refractivity contribution in [3.63, 3.8) is 0 Å². The van der Waals surface area contributed by atoms with Crippen molar-refractivity contribution in [1.29, 1.82) is 0 Å². The van der Waals surface area contributed by atoms with Crippen molar-refractivity contribution < 1.29 is 14.7 Å². The molecule has 0 saturated carbocycles. The second-order valence-corrected chi connectivity index (χ2v) is 6.37. The lowest BCUT2D eigenvalue weighted by Gasteiger charge is -2.25. The van der Waals surface area contributed by atoms with Crippen molar-refractivity contribution in [2.24, 2.45) is 5.41 Å². The summed E-state index contributed by atoms with van der Waals surface area (Å²) in [5.41, 5.74) is 7.01. The number of anilines is 1. The first-order valence-electron chi connectivity index (χ1n) is 6.92. The molecule has 114 valence electrons. The fourth-order valence-electron chi connectivity index (χ4n) is 2.22. The molecule has 1 heterocycles. The highest BCUT2D eigenvalue weighted by molar-refractivity contribution is 5.95. The SMILES string of the molecule is CC(C)(C)C1CC(C(=O)Nc2ccc(C(=O)O)cc2)NN1. The molecular weight excluding hydrogens is 270 g/mol. The van der Waals surface area contributed by atoms with Crippen LogP contribution in [0.2, 0.25) is 0 Å². The number of carbonyl (C=O) groups excluding carboxylic acids is 1. The first-order valence-corrected chi connectivity index (χ1v) is 6.92. The van der Waals surface area contributed by atoms with E-state index in [4.69, 9.17) is 5.11 Å². The number of hydrazine groups is 1. The maximum absolute atomic E-state index is 12.2. The maximum atomic E-state index is 12.2. The molecule has 1 aromatic carbocycles. The van der Waals surface area contributed by atoms with Gasteiger partial charge in [-0.05, 0) is 36.1 Å². The second kappa shape index (κ2) is 5.83. The van der Waals surface area contributed by atoms with Crippen LogP contribution >= 0.6 is 0 Å². The van der Waals surface area contributed by atoms with Gasteiger partial charge in [0.25, 0.3) is 0 Å². The summed E-state index contributed by atoms with van der Waals surface area (Å²) in [6.07, 6.45) is 0.711. The lowest BCUT2D eigenvalue weighted by molar-refractivity contribution is -0.117. The van der Waals surface area contributed by atoms with E-state index in [1.54, 1.807) is 12.1 Å². The van der Waals surface area contributed by atoms with E-state index in [9.17, 15) is 9.59 Å². The van der Waals surface area contributed by atoms with Crippen LogP contribution < -0.4 is 16.2 Å². The van der Waals surface area contributed by atoms with Gasteiger partial charge in [-0.1, -0.05) is 20.8 Å². The predicted octanol–water partition coefficient (Wildman–Crippen LogP) is 1.60. The van der Waals surface area contributed by atoms with Crippen LogP contribution in [0.4, 0.5) is 5.69 Å². The van der Waals surface area contributed by atoms with E-state index in [2.05, 4.69) is 36.9 Å². The molecule has 21 heavy (non-hydrogen) atoms. The number of carbonyl (C=O) groups is 2. The van der Waals surface area contributed by atoms with E-state index < -0.39 is 5.97 Å². The van der Waals surface area contributed by atoms with Gasteiger partial charge in [0.1, 0.15) is 6.04 Å². The van der Waals surface area contributed by atoms with E-state index in [0.29, 0.717) is 12.1 Å². The molecule has 6 heteroatoms. The van der Waals surface area contributed by atoms with Crippen LogP contribution in [-0.2, 0) is 4.79 Å². The standard InChI is InChI=1S/C15H21N3O3/c1-15(2,3)12-8-11(17-18-12)13(19)16-10-6-4-9(5-7-10)14(20)21/h4-7,11-12,17-18H,8H2,1-3H3,(H,16,19)(H,20,21). The Hall–Kier alpha value is -1.92.